The minimum absolute atomic E-state index is 0.213. The van der Waals surface area contributed by atoms with Crippen molar-refractivity contribution < 1.29 is 14.3 Å². The molecule has 0 atom stereocenters. The van der Waals surface area contributed by atoms with Crippen molar-refractivity contribution in [1.29, 1.82) is 0 Å². The van der Waals surface area contributed by atoms with Gasteiger partial charge < -0.3 is 10.1 Å². The molecule has 158 valence electrons. The summed E-state index contributed by atoms with van der Waals surface area (Å²) in [7, 11) is 0. The van der Waals surface area contributed by atoms with Gasteiger partial charge in [-0.15, -0.1) is 0 Å². The highest BCUT2D eigenvalue weighted by atomic mass is 35.5. The molecule has 0 saturated carbocycles. The maximum atomic E-state index is 12.3. The number of esters is 1. The van der Waals surface area contributed by atoms with Crippen molar-refractivity contribution in [2.75, 3.05) is 13.2 Å². The molecule has 6 nitrogen and oxygen atoms in total. The van der Waals surface area contributed by atoms with Gasteiger partial charge in [-0.05, 0) is 36.3 Å². The van der Waals surface area contributed by atoms with Gasteiger partial charge in [-0.2, -0.15) is 5.10 Å². The summed E-state index contributed by atoms with van der Waals surface area (Å²) in [6.45, 7) is 10.8. The van der Waals surface area contributed by atoms with Crippen LogP contribution in [-0.2, 0) is 22.5 Å². The highest BCUT2D eigenvalue weighted by Gasteiger charge is 2.22. The Labute approximate surface area is 177 Å². The van der Waals surface area contributed by atoms with Crippen LogP contribution >= 0.6 is 11.6 Å². The number of aromatic nitrogens is 2. The highest BCUT2D eigenvalue weighted by Crippen LogP contribution is 2.21. The summed E-state index contributed by atoms with van der Waals surface area (Å²) >= 11 is 6.26. The lowest BCUT2D eigenvalue weighted by Gasteiger charge is -2.09. The number of aryl methyl sites for hydroxylation is 1. The Morgan fingerprint density at radius 1 is 1.17 bits per heavy atom. The van der Waals surface area contributed by atoms with Gasteiger partial charge in [0.1, 0.15) is 10.7 Å². The molecule has 2 rings (SSSR count). The predicted octanol–water partition coefficient (Wildman–Crippen LogP) is 4.14. The van der Waals surface area contributed by atoms with E-state index in [9.17, 15) is 9.59 Å². The number of halogens is 1. The molecule has 0 aliphatic carbocycles. The van der Waals surface area contributed by atoms with E-state index in [1.54, 1.807) is 11.6 Å². The molecule has 1 aromatic heterocycles. The van der Waals surface area contributed by atoms with Gasteiger partial charge in [0.2, 0.25) is 0 Å². The minimum atomic E-state index is -0.637. The second kappa shape index (κ2) is 10.4. The Kier molecular flexibility index (Phi) is 8.26. The molecule has 0 spiro atoms. The summed E-state index contributed by atoms with van der Waals surface area (Å²) in [5.41, 5.74) is 3.14. The van der Waals surface area contributed by atoms with E-state index >= 15 is 0 Å². The molecule has 0 aliphatic heterocycles. The second-order valence-corrected chi connectivity index (χ2v) is 8.26. The molecule has 0 fully saturated rings. The number of nitrogens with one attached hydrogen (secondary N) is 1. The zero-order valence-electron chi connectivity index (χ0n) is 17.8. The molecule has 0 unspecified atom stereocenters. The third kappa shape index (κ3) is 6.60. The van der Waals surface area contributed by atoms with Gasteiger partial charge in [0, 0.05) is 13.1 Å². The molecular formula is C22H30ClN3O3. The number of hydrogen-bond donors (Lipinski definition) is 1. The first kappa shape index (κ1) is 22.9. The largest absolute Gasteiger partial charge is 0.452 e. The standard InChI is InChI=1S/C22H30ClN3O3/c1-14(2)12-26-21(23)20(16(5)25-26)22(28)29-13-19(27)24-11-10-17-6-8-18(9-7-17)15(3)4/h6-9,14-15H,10-13H2,1-5H3,(H,24,27). The molecule has 0 bridgehead atoms. The monoisotopic (exact) mass is 419 g/mol. The van der Waals surface area contributed by atoms with Crippen molar-refractivity contribution in [2.24, 2.45) is 5.92 Å². The average Bonchev–Trinajstić information content (AvgIpc) is 2.93. The third-order valence-electron chi connectivity index (χ3n) is 4.52. The Bertz CT molecular complexity index is 842. The number of nitrogens with zero attached hydrogens (tertiary/aromatic N) is 2. The van der Waals surface area contributed by atoms with Crippen molar-refractivity contribution >= 4 is 23.5 Å². The van der Waals surface area contributed by atoms with E-state index in [1.807, 2.05) is 13.8 Å². The van der Waals surface area contributed by atoms with Crippen molar-refractivity contribution in [2.45, 2.75) is 53.5 Å². The van der Waals surface area contributed by atoms with Crippen LogP contribution in [0.3, 0.4) is 0 Å². The summed E-state index contributed by atoms with van der Waals surface area (Å²) in [6.07, 6.45) is 0.713. The van der Waals surface area contributed by atoms with E-state index in [2.05, 4.69) is 48.5 Å². The third-order valence-corrected chi connectivity index (χ3v) is 4.91. The first-order chi connectivity index (χ1) is 13.7. The highest BCUT2D eigenvalue weighted by molar-refractivity contribution is 6.32. The van der Waals surface area contributed by atoms with Crippen LogP contribution in [0.4, 0.5) is 0 Å². The zero-order chi connectivity index (χ0) is 21.6. The Hall–Kier alpha value is -2.34. The van der Waals surface area contributed by atoms with Gasteiger partial charge in [-0.1, -0.05) is 63.6 Å². The number of benzene rings is 1. The van der Waals surface area contributed by atoms with Crippen LogP contribution in [0.1, 0.15) is 60.8 Å². The van der Waals surface area contributed by atoms with E-state index in [4.69, 9.17) is 16.3 Å². The number of ether oxygens (including phenoxy) is 1. The zero-order valence-corrected chi connectivity index (χ0v) is 18.5. The summed E-state index contributed by atoms with van der Waals surface area (Å²) in [5.74, 6) is -0.154. The maximum Gasteiger partial charge on any atom is 0.343 e. The van der Waals surface area contributed by atoms with Crippen LogP contribution in [0.15, 0.2) is 24.3 Å². The molecule has 2 aromatic rings. The van der Waals surface area contributed by atoms with Crippen molar-refractivity contribution in [3.8, 4) is 0 Å². The van der Waals surface area contributed by atoms with Crippen LogP contribution in [0.5, 0.6) is 0 Å². The molecule has 0 radical (unpaired) electrons. The summed E-state index contributed by atoms with van der Waals surface area (Å²) in [4.78, 5) is 24.3. The average molecular weight is 420 g/mol. The fraction of sp³-hybridized carbons (Fsp3) is 0.500. The maximum absolute atomic E-state index is 12.3. The summed E-state index contributed by atoms with van der Waals surface area (Å²) < 4.78 is 6.71. The summed E-state index contributed by atoms with van der Waals surface area (Å²) in [6, 6.07) is 8.35. The van der Waals surface area contributed by atoms with Gasteiger partial charge in [-0.25, -0.2) is 4.79 Å². The van der Waals surface area contributed by atoms with Gasteiger partial charge in [-0.3, -0.25) is 9.48 Å². The lowest BCUT2D eigenvalue weighted by molar-refractivity contribution is -0.124. The molecule has 1 aromatic carbocycles. The van der Waals surface area contributed by atoms with E-state index in [-0.39, 0.29) is 23.2 Å². The van der Waals surface area contributed by atoms with E-state index in [1.165, 1.54) is 5.56 Å². The van der Waals surface area contributed by atoms with Crippen molar-refractivity contribution in [3.63, 3.8) is 0 Å². The van der Waals surface area contributed by atoms with E-state index in [0.717, 1.165) is 5.56 Å². The van der Waals surface area contributed by atoms with Gasteiger partial charge in [0.15, 0.2) is 6.61 Å². The lowest BCUT2D eigenvalue weighted by atomic mass is 10.0. The Morgan fingerprint density at radius 2 is 1.83 bits per heavy atom. The number of hydrogen-bond acceptors (Lipinski definition) is 4. The molecule has 7 heteroatoms. The van der Waals surface area contributed by atoms with Crippen LogP contribution in [0, 0.1) is 12.8 Å². The van der Waals surface area contributed by atoms with Gasteiger partial charge >= 0.3 is 5.97 Å². The quantitative estimate of drug-likeness (QED) is 0.620. The molecule has 1 heterocycles. The van der Waals surface area contributed by atoms with Crippen LogP contribution in [0.25, 0.3) is 0 Å². The minimum Gasteiger partial charge on any atom is -0.452 e. The van der Waals surface area contributed by atoms with Crippen molar-refractivity contribution in [3.05, 3.63) is 51.8 Å². The fourth-order valence-electron chi connectivity index (χ4n) is 2.92. The van der Waals surface area contributed by atoms with Gasteiger partial charge in [0.25, 0.3) is 5.91 Å². The number of rotatable bonds is 9. The molecule has 1 N–H and O–H groups in total. The Morgan fingerprint density at radius 3 is 2.41 bits per heavy atom. The number of carbonyl (C=O) groups is 2. The molecule has 1 amide bonds. The fourth-order valence-corrected chi connectivity index (χ4v) is 3.24. The van der Waals surface area contributed by atoms with Gasteiger partial charge in [0.05, 0.1) is 5.69 Å². The van der Waals surface area contributed by atoms with Crippen LogP contribution < -0.4 is 5.32 Å². The van der Waals surface area contributed by atoms with Crippen LogP contribution in [-0.4, -0.2) is 34.8 Å². The predicted molar refractivity (Wildman–Crippen MR) is 114 cm³/mol. The second-order valence-electron chi connectivity index (χ2n) is 7.90. The number of amides is 1. The number of carbonyl (C=O) groups excluding carboxylic acids is 2. The lowest BCUT2D eigenvalue weighted by Crippen LogP contribution is -2.30. The molecular weight excluding hydrogens is 390 g/mol. The SMILES string of the molecule is Cc1nn(CC(C)C)c(Cl)c1C(=O)OCC(=O)NCCc1ccc(C(C)C)cc1. The van der Waals surface area contributed by atoms with E-state index < -0.39 is 5.97 Å². The van der Waals surface area contributed by atoms with E-state index in [0.29, 0.717) is 37.0 Å². The first-order valence-electron chi connectivity index (χ1n) is 9.94. The normalized spacial score (nSPS) is 11.2. The molecule has 0 aliphatic rings. The molecule has 0 saturated heterocycles. The van der Waals surface area contributed by atoms with Crippen molar-refractivity contribution in [1.82, 2.24) is 15.1 Å². The molecule has 29 heavy (non-hydrogen) atoms. The smallest absolute Gasteiger partial charge is 0.343 e. The first-order valence-corrected chi connectivity index (χ1v) is 10.3. The Balaban J connectivity index is 1.80. The summed E-state index contributed by atoms with van der Waals surface area (Å²) in [5, 5.41) is 7.29. The topological polar surface area (TPSA) is 73.2 Å². The van der Waals surface area contributed by atoms with Crippen LogP contribution in [0.2, 0.25) is 5.15 Å².